The average molecular weight is 355 g/mol. The molecule has 5 nitrogen and oxygen atoms in total. The van der Waals surface area contributed by atoms with Gasteiger partial charge in [0.05, 0.1) is 5.56 Å². The number of rotatable bonds is 4. The van der Waals surface area contributed by atoms with E-state index in [9.17, 15) is 14.0 Å². The van der Waals surface area contributed by atoms with E-state index in [1.807, 2.05) is 30.3 Å². The number of hydrogen-bond acceptors (Lipinski definition) is 2. The van der Waals surface area contributed by atoms with Gasteiger partial charge in [-0.15, -0.1) is 0 Å². The molecule has 2 aromatic rings. The van der Waals surface area contributed by atoms with Gasteiger partial charge in [-0.3, -0.25) is 4.79 Å². The molecule has 0 radical (unpaired) electrons. The molecule has 1 heterocycles. The van der Waals surface area contributed by atoms with Crippen molar-refractivity contribution in [1.82, 2.24) is 15.1 Å². The third kappa shape index (κ3) is 4.39. The van der Waals surface area contributed by atoms with Gasteiger partial charge in [0.2, 0.25) is 0 Å². The van der Waals surface area contributed by atoms with Crippen LogP contribution in [0.25, 0.3) is 0 Å². The number of halogens is 1. The van der Waals surface area contributed by atoms with E-state index in [0.29, 0.717) is 32.7 Å². The molecule has 1 aliphatic heterocycles. The van der Waals surface area contributed by atoms with Crippen LogP contribution in [0.4, 0.5) is 9.18 Å². The normalized spacial score (nSPS) is 14.2. The molecule has 0 bridgehead atoms. The third-order valence-corrected chi connectivity index (χ3v) is 4.49. The Bertz CT molecular complexity index is 759. The molecule has 0 unspecified atom stereocenters. The maximum atomic E-state index is 13.8. The van der Waals surface area contributed by atoms with Crippen LogP contribution < -0.4 is 5.32 Å². The molecule has 1 N–H and O–H groups in total. The Morgan fingerprint density at radius 1 is 0.885 bits per heavy atom. The number of amides is 3. The number of nitrogens with zero attached hydrogens (tertiary/aromatic N) is 2. The number of urea groups is 1. The molecule has 0 spiro atoms. The summed E-state index contributed by atoms with van der Waals surface area (Å²) in [5.41, 5.74) is 1.25. The standard InChI is InChI=1S/C20H22FN3O2/c21-18-9-5-4-8-17(18)19(25)23-12-14-24(15-13-23)20(26)22-11-10-16-6-2-1-3-7-16/h1-9H,10-15H2,(H,22,26). The minimum Gasteiger partial charge on any atom is -0.338 e. The smallest absolute Gasteiger partial charge is 0.317 e. The van der Waals surface area contributed by atoms with Crippen molar-refractivity contribution in [1.29, 1.82) is 0 Å². The molecular weight excluding hydrogens is 333 g/mol. The molecule has 3 amide bonds. The summed E-state index contributed by atoms with van der Waals surface area (Å²) < 4.78 is 13.8. The van der Waals surface area contributed by atoms with Crippen LogP contribution in [0.2, 0.25) is 0 Å². The highest BCUT2D eigenvalue weighted by Gasteiger charge is 2.25. The molecule has 0 atom stereocenters. The van der Waals surface area contributed by atoms with E-state index in [4.69, 9.17) is 0 Å². The minimum atomic E-state index is -0.515. The second-order valence-electron chi connectivity index (χ2n) is 6.23. The van der Waals surface area contributed by atoms with Crippen molar-refractivity contribution in [3.63, 3.8) is 0 Å². The molecule has 1 aliphatic rings. The Balaban J connectivity index is 1.45. The molecule has 0 saturated carbocycles. The van der Waals surface area contributed by atoms with Crippen molar-refractivity contribution in [3.05, 3.63) is 71.5 Å². The fourth-order valence-corrected chi connectivity index (χ4v) is 2.99. The zero-order valence-electron chi connectivity index (χ0n) is 14.5. The molecule has 26 heavy (non-hydrogen) atoms. The average Bonchev–Trinajstić information content (AvgIpc) is 2.69. The fraction of sp³-hybridized carbons (Fsp3) is 0.300. The van der Waals surface area contributed by atoms with E-state index in [2.05, 4.69) is 5.32 Å². The van der Waals surface area contributed by atoms with Gasteiger partial charge < -0.3 is 15.1 Å². The lowest BCUT2D eigenvalue weighted by atomic mass is 10.1. The fourth-order valence-electron chi connectivity index (χ4n) is 2.99. The van der Waals surface area contributed by atoms with Crippen LogP contribution in [-0.4, -0.2) is 54.5 Å². The van der Waals surface area contributed by atoms with E-state index < -0.39 is 5.82 Å². The Labute approximate surface area is 152 Å². The first-order valence-corrected chi connectivity index (χ1v) is 8.75. The topological polar surface area (TPSA) is 52.7 Å². The highest BCUT2D eigenvalue weighted by atomic mass is 19.1. The van der Waals surface area contributed by atoms with Crippen molar-refractivity contribution >= 4 is 11.9 Å². The van der Waals surface area contributed by atoms with Gasteiger partial charge in [0, 0.05) is 32.7 Å². The van der Waals surface area contributed by atoms with Crippen LogP contribution in [-0.2, 0) is 6.42 Å². The predicted molar refractivity (Wildman–Crippen MR) is 97.4 cm³/mol. The Hall–Kier alpha value is -2.89. The van der Waals surface area contributed by atoms with E-state index in [1.165, 1.54) is 17.7 Å². The van der Waals surface area contributed by atoms with Gasteiger partial charge >= 0.3 is 6.03 Å². The largest absolute Gasteiger partial charge is 0.338 e. The summed E-state index contributed by atoms with van der Waals surface area (Å²) in [6.45, 7) is 2.25. The highest BCUT2D eigenvalue weighted by molar-refractivity contribution is 5.94. The highest BCUT2D eigenvalue weighted by Crippen LogP contribution is 2.12. The number of carbonyl (C=O) groups is 2. The number of hydrogen-bond donors (Lipinski definition) is 1. The van der Waals surface area contributed by atoms with Crippen LogP contribution in [0.5, 0.6) is 0 Å². The maximum Gasteiger partial charge on any atom is 0.317 e. The molecule has 1 fully saturated rings. The van der Waals surface area contributed by atoms with Crippen molar-refractivity contribution in [2.45, 2.75) is 6.42 Å². The molecule has 3 rings (SSSR count). The Kier molecular flexibility index (Phi) is 5.84. The van der Waals surface area contributed by atoms with Crippen LogP contribution in [0, 0.1) is 5.82 Å². The minimum absolute atomic E-state index is 0.0771. The van der Waals surface area contributed by atoms with Gasteiger partial charge in [-0.25, -0.2) is 9.18 Å². The Morgan fingerprint density at radius 3 is 2.19 bits per heavy atom. The summed E-state index contributed by atoms with van der Waals surface area (Å²) in [6.07, 6.45) is 0.776. The number of piperazine rings is 1. The molecule has 1 saturated heterocycles. The first kappa shape index (κ1) is 17.9. The first-order chi connectivity index (χ1) is 12.6. The second kappa shape index (κ2) is 8.47. The lowest BCUT2D eigenvalue weighted by Crippen LogP contribution is -2.53. The lowest BCUT2D eigenvalue weighted by Gasteiger charge is -2.34. The maximum absolute atomic E-state index is 13.8. The van der Waals surface area contributed by atoms with E-state index >= 15 is 0 Å². The summed E-state index contributed by atoms with van der Waals surface area (Å²) in [5, 5.41) is 2.91. The van der Waals surface area contributed by atoms with Crippen LogP contribution in [0.15, 0.2) is 54.6 Å². The molecule has 2 aromatic carbocycles. The van der Waals surface area contributed by atoms with Crippen molar-refractivity contribution in [3.8, 4) is 0 Å². The lowest BCUT2D eigenvalue weighted by molar-refractivity contribution is 0.0660. The summed E-state index contributed by atoms with van der Waals surface area (Å²) in [7, 11) is 0. The van der Waals surface area contributed by atoms with Gasteiger partial charge in [-0.1, -0.05) is 42.5 Å². The van der Waals surface area contributed by atoms with Gasteiger partial charge in [-0.2, -0.15) is 0 Å². The van der Waals surface area contributed by atoms with Crippen LogP contribution >= 0.6 is 0 Å². The monoisotopic (exact) mass is 355 g/mol. The number of carbonyl (C=O) groups excluding carboxylic acids is 2. The molecule has 136 valence electrons. The summed E-state index contributed by atoms with van der Waals surface area (Å²) >= 11 is 0. The number of benzene rings is 2. The second-order valence-corrected chi connectivity index (χ2v) is 6.23. The summed E-state index contributed by atoms with van der Waals surface area (Å²) in [4.78, 5) is 27.9. The zero-order chi connectivity index (χ0) is 18.4. The van der Waals surface area contributed by atoms with Crippen molar-refractivity contribution in [2.24, 2.45) is 0 Å². The van der Waals surface area contributed by atoms with Gasteiger partial charge in [0.15, 0.2) is 0 Å². The third-order valence-electron chi connectivity index (χ3n) is 4.49. The van der Waals surface area contributed by atoms with Crippen LogP contribution in [0.1, 0.15) is 15.9 Å². The zero-order valence-corrected chi connectivity index (χ0v) is 14.5. The summed E-state index contributed by atoms with van der Waals surface area (Å²) in [5.74, 6) is -0.842. The van der Waals surface area contributed by atoms with Gasteiger partial charge in [0.25, 0.3) is 5.91 Å². The summed E-state index contributed by atoms with van der Waals surface area (Å²) in [6, 6.07) is 15.8. The van der Waals surface area contributed by atoms with E-state index in [-0.39, 0.29) is 17.5 Å². The van der Waals surface area contributed by atoms with Crippen molar-refractivity contribution in [2.75, 3.05) is 32.7 Å². The Morgan fingerprint density at radius 2 is 1.50 bits per heavy atom. The molecular formula is C20H22FN3O2. The van der Waals surface area contributed by atoms with Crippen molar-refractivity contribution < 1.29 is 14.0 Å². The quantitative estimate of drug-likeness (QED) is 0.916. The van der Waals surface area contributed by atoms with Gasteiger partial charge in [0.1, 0.15) is 5.82 Å². The molecule has 6 heteroatoms. The van der Waals surface area contributed by atoms with Gasteiger partial charge in [-0.05, 0) is 24.1 Å². The SMILES string of the molecule is O=C(NCCc1ccccc1)N1CCN(C(=O)c2ccccc2F)CC1. The molecule has 0 aliphatic carbocycles. The van der Waals surface area contributed by atoms with E-state index in [0.717, 1.165) is 6.42 Å². The van der Waals surface area contributed by atoms with E-state index in [1.54, 1.807) is 21.9 Å². The number of nitrogens with one attached hydrogen (secondary N) is 1. The molecule has 0 aromatic heterocycles. The predicted octanol–water partition coefficient (Wildman–Crippen LogP) is 2.54. The first-order valence-electron chi connectivity index (χ1n) is 8.75. The van der Waals surface area contributed by atoms with Crippen LogP contribution in [0.3, 0.4) is 0 Å².